The number of carboxylic acid groups (broad SMARTS) is 3. The van der Waals surface area contributed by atoms with Crippen LogP contribution in [0.25, 0.3) is 0 Å². The van der Waals surface area contributed by atoms with Gasteiger partial charge < -0.3 is 40.0 Å². The molecule has 1 unspecified atom stereocenters. The first-order chi connectivity index (χ1) is 25.6. The van der Waals surface area contributed by atoms with Gasteiger partial charge >= 0.3 is 25.7 Å². The second-order valence-corrected chi connectivity index (χ2v) is 13.9. The fourth-order valence-corrected chi connectivity index (χ4v) is 5.87. The normalized spacial score (nSPS) is 16.4. The van der Waals surface area contributed by atoms with E-state index < -0.39 is 43.6 Å². The van der Waals surface area contributed by atoms with E-state index in [1.165, 1.54) is 24.3 Å². The van der Waals surface area contributed by atoms with Crippen LogP contribution in [0, 0.1) is 0 Å². The maximum atomic E-state index is 13.5. The van der Waals surface area contributed by atoms with Crippen molar-refractivity contribution in [2.45, 2.75) is 32.2 Å². The van der Waals surface area contributed by atoms with Gasteiger partial charge in [-0.15, -0.1) is 0 Å². The van der Waals surface area contributed by atoms with Crippen LogP contribution in [0.15, 0.2) is 24.3 Å². The van der Waals surface area contributed by atoms with Crippen molar-refractivity contribution in [3.05, 3.63) is 29.8 Å². The summed E-state index contributed by atoms with van der Waals surface area (Å²) >= 11 is 0. The summed E-state index contributed by atoms with van der Waals surface area (Å²) in [5.41, 5.74) is 0.556. The minimum absolute atomic E-state index is 0.0185. The molecule has 1 heterocycles. The molecule has 0 aromatic heterocycles. The van der Waals surface area contributed by atoms with E-state index >= 15 is 0 Å². The molecule has 2 amide bonds. The number of amides is 2. The zero-order valence-corrected chi connectivity index (χ0v) is 31.6. The SMILES string of the molecule is CCCOCCOCCCNC(=O)C(Cc1ccc(OP(=O)(O)O)cc1)NC(=O)CN1CCN(CC(=O)O)CCN(CC(=O)O)CCN(CC(=O)O)CC1. The van der Waals surface area contributed by atoms with Crippen LogP contribution < -0.4 is 15.2 Å². The van der Waals surface area contributed by atoms with Gasteiger partial charge in [0.1, 0.15) is 11.8 Å². The molecule has 306 valence electrons. The van der Waals surface area contributed by atoms with Crippen LogP contribution in [0.3, 0.4) is 0 Å². The van der Waals surface area contributed by atoms with E-state index in [-0.39, 0.29) is 97.3 Å². The number of nitrogens with one attached hydrogen (secondary N) is 2. The fraction of sp³-hybridized carbons (Fsp3) is 0.667. The minimum atomic E-state index is -4.79. The number of ether oxygens (including phenoxy) is 2. The van der Waals surface area contributed by atoms with Gasteiger partial charge in [0.25, 0.3) is 0 Å². The first-order valence-electron chi connectivity index (χ1n) is 17.7. The van der Waals surface area contributed by atoms with Crippen LogP contribution in [-0.2, 0) is 44.4 Å². The Balaban J connectivity index is 2.17. The molecule has 1 aromatic rings. The van der Waals surface area contributed by atoms with E-state index in [2.05, 4.69) is 15.2 Å². The standard InChI is InChI=1S/C33H55N6O14P/c1-2-17-51-19-20-52-18-3-8-34-33(47)28(21-26-4-6-27(7-5-26)53-54(48,49)50)35-29(40)22-36-9-11-37(23-30(41)42)13-15-39(25-32(45)46)16-14-38(12-10-36)24-31(43)44/h4-7,28H,2-3,8-25H2,1H3,(H,34,47)(H,35,40)(H,41,42)(H,43,44)(H,45,46)(H2,48,49,50). The number of hydrogen-bond donors (Lipinski definition) is 7. The highest BCUT2D eigenvalue weighted by atomic mass is 31.2. The second-order valence-electron chi connectivity index (χ2n) is 12.7. The highest BCUT2D eigenvalue weighted by Crippen LogP contribution is 2.37. The number of phosphoric acid groups is 1. The summed E-state index contributed by atoms with van der Waals surface area (Å²) in [7, 11) is -4.79. The van der Waals surface area contributed by atoms with Crippen LogP contribution in [0.4, 0.5) is 0 Å². The molecular formula is C33H55N6O14P. The summed E-state index contributed by atoms with van der Waals surface area (Å²) < 4.78 is 26.7. The average Bonchev–Trinajstić information content (AvgIpc) is 3.07. The summed E-state index contributed by atoms with van der Waals surface area (Å²) in [6.45, 7) is 4.74. The van der Waals surface area contributed by atoms with Crippen molar-refractivity contribution in [3.8, 4) is 5.75 Å². The Labute approximate surface area is 314 Å². The second kappa shape index (κ2) is 25.4. The van der Waals surface area contributed by atoms with Gasteiger partial charge in [0.15, 0.2) is 0 Å². The fourth-order valence-electron chi connectivity index (χ4n) is 5.47. The lowest BCUT2D eigenvalue weighted by Crippen LogP contribution is -2.53. The van der Waals surface area contributed by atoms with Crippen molar-refractivity contribution >= 4 is 37.5 Å². The number of carbonyl (C=O) groups is 5. The van der Waals surface area contributed by atoms with Gasteiger partial charge in [-0.3, -0.25) is 53.4 Å². The van der Waals surface area contributed by atoms with Gasteiger partial charge in [0.05, 0.1) is 39.4 Å². The number of rotatable bonds is 23. The molecule has 20 nitrogen and oxygen atoms in total. The van der Waals surface area contributed by atoms with Crippen molar-refractivity contribution in [2.75, 3.05) is 112 Å². The van der Waals surface area contributed by atoms with Crippen LogP contribution in [0.5, 0.6) is 5.75 Å². The third kappa shape index (κ3) is 21.9. The Morgan fingerprint density at radius 2 is 1.15 bits per heavy atom. The Morgan fingerprint density at radius 1 is 0.704 bits per heavy atom. The first-order valence-corrected chi connectivity index (χ1v) is 19.3. The Morgan fingerprint density at radius 3 is 1.57 bits per heavy atom. The number of carbonyl (C=O) groups excluding carboxylic acids is 2. The lowest BCUT2D eigenvalue weighted by atomic mass is 10.0. The molecule has 1 saturated heterocycles. The van der Waals surface area contributed by atoms with Gasteiger partial charge in [-0.25, -0.2) is 4.57 Å². The molecule has 0 saturated carbocycles. The Hall–Kier alpha value is -3.72. The average molecular weight is 791 g/mol. The van der Waals surface area contributed by atoms with Gasteiger partial charge in [-0.05, 0) is 30.5 Å². The maximum absolute atomic E-state index is 13.5. The Kier molecular flexibility index (Phi) is 21.8. The molecule has 1 aliphatic heterocycles. The third-order valence-electron chi connectivity index (χ3n) is 8.10. The monoisotopic (exact) mass is 790 g/mol. The number of carboxylic acids is 3. The summed E-state index contributed by atoms with van der Waals surface area (Å²) in [6, 6.07) is 4.61. The zero-order valence-electron chi connectivity index (χ0n) is 30.7. The molecule has 54 heavy (non-hydrogen) atoms. The van der Waals surface area contributed by atoms with Gasteiger partial charge in [-0.1, -0.05) is 19.1 Å². The number of phosphoric ester groups is 1. The summed E-state index contributed by atoms with van der Waals surface area (Å²) in [5.74, 6) is -4.31. The molecule has 1 fully saturated rings. The molecular weight excluding hydrogens is 735 g/mol. The molecule has 0 radical (unpaired) electrons. The van der Waals surface area contributed by atoms with E-state index in [1.807, 2.05) is 6.92 Å². The Bertz CT molecular complexity index is 1340. The highest BCUT2D eigenvalue weighted by molar-refractivity contribution is 7.46. The molecule has 0 aliphatic carbocycles. The van der Waals surface area contributed by atoms with Crippen molar-refractivity contribution in [1.29, 1.82) is 0 Å². The van der Waals surface area contributed by atoms with E-state index in [0.29, 0.717) is 38.4 Å². The van der Waals surface area contributed by atoms with Crippen molar-refractivity contribution in [3.63, 3.8) is 0 Å². The molecule has 7 N–H and O–H groups in total. The van der Waals surface area contributed by atoms with E-state index in [0.717, 1.165) is 6.42 Å². The van der Waals surface area contributed by atoms with Crippen LogP contribution in [-0.4, -0.2) is 192 Å². The quantitative estimate of drug-likeness (QED) is 0.0497. The maximum Gasteiger partial charge on any atom is 0.524 e. The van der Waals surface area contributed by atoms with Crippen molar-refractivity contribution in [2.24, 2.45) is 0 Å². The lowest BCUT2D eigenvalue weighted by Gasteiger charge is -2.33. The van der Waals surface area contributed by atoms with Crippen molar-refractivity contribution < 1.29 is 67.6 Å². The molecule has 0 bridgehead atoms. The topological polar surface area (TPSA) is 268 Å². The van der Waals surface area contributed by atoms with Crippen LogP contribution in [0.2, 0.25) is 0 Å². The van der Waals surface area contributed by atoms with Gasteiger partial charge in [0, 0.05) is 78.5 Å². The summed E-state index contributed by atoms with van der Waals surface area (Å²) in [6.07, 6.45) is 1.42. The highest BCUT2D eigenvalue weighted by Gasteiger charge is 2.25. The molecule has 2 rings (SSSR count). The summed E-state index contributed by atoms with van der Waals surface area (Å²) in [5, 5.41) is 33.9. The number of nitrogens with zero attached hydrogens (tertiary/aromatic N) is 4. The molecule has 0 spiro atoms. The largest absolute Gasteiger partial charge is 0.524 e. The number of benzene rings is 1. The smallest absolute Gasteiger partial charge is 0.480 e. The first kappa shape index (κ1) is 46.4. The molecule has 21 heteroatoms. The number of hydrogen-bond acceptors (Lipinski definition) is 13. The van der Waals surface area contributed by atoms with E-state index in [1.54, 1.807) is 19.6 Å². The third-order valence-corrected chi connectivity index (χ3v) is 8.55. The predicted molar refractivity (Wildman–Crippen MR) is 193 cm³/mol. The number of aliphatic carboxylic acids is 3. The van der Waals surface area contributed by atoms with E-state index in [9.17, 15) is 43.9 Å². The van der Waals surface area contributed by atoms with Crippen LogP contribution >= 0.6 is 7.82 Å². The zero-order chi connectivity index (χ0) is 39.9. The minimum Gasteiger partial charge on any atom is -0.480 e. The van der Waals surface area contributed by atoms with Gasteiger partial charge in [0.2, 0.25) is 11.8 Å². The molecule has 1 aromatic carbocycles. The molecule has 1 atom stereocenters. The van der Waals surface area contributed by atoms with Gasteiger partial charge in [-0.2, -0.15) is 0 Å². The van der Waals surface area contributed by atoms with E-state index in [4.69, 9.17) is 19.3 Å². The molecule has 1 aliphatic rings. The predicted octanol–water partition coefficient (Wildman–Crippen LogP) is -1.39. The lowest BCUT2D eigenvalue weighted by molar-refractivity contribution is -0.140. The van der Waals surface area contributed by atoms with Crippen molar-refractivity contribution in [1.82, 2.24) is 30.2 Å². The van der Waals surface area contributed by atoms with Crippen LogP contribution in [0.1, 0.15) is 25.3 Å². The summed E-state index contributed by atoms with van der Waals surface area (Å²) in [4.78, 5) is 86.4.